The summed E-state index contributed by atoms with van der Waals surface area (Å²) in [6.45, 7) is 13.6. The van der Waals surface area contributed by atoms with Crippen LogP contribution in [0.15, 0.2) is 0 Å². The van der Waals surface area contributed by atoms with Gasteiger partial charge in [0.1, 0.15) is 0 Å². The quantitative estimate of drug-likeness (QED) is 0.811. The second kappa shape index (κ2) is 7.77. The van der Waals surface area contributed by atoms with Crippen molar-refractivity contribution in [3.8, 4) is 0 Å². The van der Waals surface area contributed by atoms with E-state index >= 15 is 0 Å². The van der Waals surface area contributed by atoms with Gasteiger partial charge in [0.2, 0.25) is 0 Å². The average molecular weight is 282 g/mol. The summed E-state index contributed by atoms with van der Waals surface area (Å²) in [6, 6.07) is 0.569. The molecule has 118 valence electrons. The molecular weight excluding hydrogens is 248 g/mol. The standard InChI is InChI=1S/C17H34N2O/c1-4-16-6-9-19(10-7-16)13-17(12-18-15(2)3)8-5-11-20-14-17/h15-16,18H,4-14H2,1-3H3. The van der Waals surface area contributed by atoms with E-state index in [9.17, 15) is 0 Å². The average Bonchev–Trinajstić information content (AvgIpc) is 2.47. The molecule has 20 heavy (non-hydrogen) atoms. The molecule has 0 aliphatic carbocycles. The Morgan fingerprint density at radius 1 is 1.30 bits per heavy atom. The Balaban J connectivity index is 1.87. The Bertz CT molecular complexity index is 266. The number of rotatable bonds is 6. The molecule has 2 fully saturated rings. The third-order valence-corrected chi connectivity index (χ3v) is 5.13. The summed E-state index contributed by atoms with van der Waals surface area (Å²) in [5.74, 6) is 0.971. The summed E-state index contributed by atoms with van der Waals surface area (Å²) in [5, 5.41) is 3.66. The van der Waals surface area contributed by atoms with Crippen LogP contribution >= 0.6 is 0 Å². The molecular formula is C17H34N2O. The minimum atomic E-state index is 0.349. The molecule has 0 aromatic heterocycles. The van der Waals surface area contributed by atoms with Gasteiger partial charge in [-0.2, -0.15) is 0 Å². The topological polar surface area (TPSA) is 24.5 Å². The van der Waals surface area contributed by atoms with E-state index in [2.05, 4.69) is 31.0 Å². The van der Waals surface area contributed by atoms with Gasteiger partial charge in [0.05, 0.1) is 6.61 Å². The van der Waals surface area contributed by atoms with Gasteiger partial charge in [-0.1, -0.05) is 27.2 Å². The van der Waals surface area contributed by atoms with E-state index in [1.165, 1.54) is 51.7 Å². The number of hydrogen-bond acceptors (Lipinski definition) is 3. The van der Waals surface area contributed by atoms with Gasteiger partial charge in [-0.25, -0.2) is 0 Å². The Kier molecular flexibility index (Phi) is 6.31. The zero-order chi connectivity index (χ0) is 14.4. The molecule has 2 aliphatic rings. The summed E-state index contributed by atoms with van der Waals surface area (Å²) in [5.41, 5.74) is 0.349. The van der Waals surface area contributed by atoms with E-state index < -0.39 is 0 Å². The van der Waals surface area contributed by atoms with Gasteiger partial charge in [-0.15, -0.1) is 0 Å². The lowest BCUT2D eigenvalue weighted by Gasteiger charge is -2.43. The smallest absolute Gasteiger partial charge is 0.0546 e. The first-order valence-electron chi connectivity index (χ1n) is 8.67. The van der Waals surface area contributed by atoms with E-state index in [-0.39, 0.29) is 0 Å². The van der Waals surface area contributed by atoms with Crippen LogP contribution in [0.3, 0.4) is 0 Å². The summed E-state index contributed by atoms with van der Waals surface area (Å²) in [4.78, 5) is 2.70. The molecule has 0 aromatic rings. The van der Waals surface area contributed by atoms with E-state index in [0.29, 0.717) is 11.5 Å². The van der Waals surface area contributed by atoms with Crippen molar-refractivity contribution in [1.29, 1.82) is 0 Å². The maximum Gasteiger partial charge on any atom is 0.0546 e. The number of nitrogens with one attached hydrogen (secondary N) is 1. The number of piperidine rings is 1. The molecule has 2 rings (SSSR count). The van der Waals surface area contributed by atoms with Crippen LogP contribution in [0.2, 0.25) is 0 Å². The van der Waals surface area contributed by atoms with Crippen LogP contribution in [0.5, 0.6) is 0 Å². The lowest BCUT2D eigenvalue weighted by atomic mass is 9.80. The molecule has 0 aromatic carbocycles. The highest BCUT2D eigenvalue weighted by molar-refractivity contribution is 4.89. The predicted molar refractivity (Wildman–Crippen MR) is 85.1 cm³/mol. The molecule has 0 spiro atoms. The SMILES string of the molecule is CCC1CCN(CC2(CNC(C)C)CCCOC2)CC1. The zero-order valence-electron chi connectivity index (χ0n) is 13.8. The monoisotopic (exact) mass is 282 g/mol. The maximum atomic E-state index is 5.83. The lowest BCUT2D eigenvalue weighted by Crippen LogP contribution is -2.51. The van der Waals surface area contributed by atoms with E-state index in [1.807, 2.05) is 0 Å². The van der Waals surface area contributed by atoms with Crippen LogP contribution in [0, 0.1) is 11.3 Å². The number of nitrogens with zero attached hydrogens (tertiary/aromatic N) is 1. The van der Waals surface area contributed by atoms with Crippen molar-refractivity contribution < 1.29 is 4.74 Å². The number of hydrogen-bond donors (Lipinski definition) is 1. The first-order valence-corrected chi connectivity index (χ1v) is 8.67. The molecule has 2 saturated heterocycles. The van der Waals surface area contributed by atoms with Gasteiger partial charge in [-0.3, -0.25) is 0 Å². The fraction of sp³-hybridized carbons (Fsp3) is 1.00. The van der Waals surface area contributed by atoms with Crippen molar-refractivity contribution >= 4 is 0 Å². The van der Waals surface area contributed by atoms with Crippen LogP contribution in [0.25, 0.3) is 0 Å². The first-order chi connectivity index (χ1) is 9.63. The maximum absolute atomic E-state index is 5.83. The summed E-state index contributed by atoms with van der Waals surface area (Å²) in [6.07, 6.45) is 6.69. The van der Waals surface area contributed by atoms with Gasteiger partial charge in [-0.05, 0) is 44.7 Å². The number of ether oxygens (including phenoxy) is 1. The van der Waals surface area contributed by atoms with Crippen LogP contribution < -0.4 is 5.32 Å². The third-order valence-electron chi connectivity index (χ3n) is 5.13. The van der Waals surface area contributed by atoms with Crippen LogP contribution in [0.4, 0.5) is 0 Å². The molecule has 0 radical (unpaired) electrons. The normalized spacial score (nSPS) is 30.0. The largest absolute Gasteiger partial charge is 0.381 e. The van der Waals surface area contributed by atoms with Gasteiger partial charge >= 0.3 is 0 Å². The molecule has 0 amide bonds. The van der Waals surface area contributed by atoms with Crippen molar-refractivity contribution in [3.05, 3.63) is 0 Å². The fourth-order valence-electron chi connectivity index (χ4n) is 3.68. The van der Waals surface area contributed by atoms with Gasteiger partial charge in [0, 0.05) is 31.2 Å². The summed E-state index contributed by atoms with van der Waals surface area (Å²) < 4.78 is 5.83. The van der Waals surface area contributed by atoms with Gasteiger partial charge in [0.15, 0.2) is 0 Å². The first kappa shape index (κ1) is 16.3. The minimum Gasteiger partial charge on any atom is -0.381 e. The predicted octanol–water partition coefficient (Wildman–Crippen LogP) is 2.90. The Hall–Kier alpha value is -0.120. The molecule has 1 atom stereocenters. The molecule has 0 saturated carbocycles. The highest BCUT2D eigenvalue weighted by Crippen LogP contribution is 2.31. The lowest BCUT2D eigenvalue weighted by molar-refractivity contribution is -0.0315. The third kappa shape index (κ3) is 4.71. The highest BCUT2D eigenvalue weighted by atomic mass is 16.5. The molecule has 1 unspecified atom stereocenters. The molecule has 2 heterocycles. The van der Waals surface area contributed by atoms with Crippen molar-refractivity contribution in [2.24, 2.45) is 11.3 Å². The Morgan fingerprint density at radius 3 is 2.60 bits per heavy atom. The van der Waals surface area contributed by atoms with E-state index in [4.69, 9.17) is 4.74 Å². The van der Waals surface area contributed by atoms with Crippen molar-refractivity contribution in [1.82, 2.24) is 10.2 Å². The van der Waals surface area contributed by atoms with Crippen molar-refractivity contribution in [2.75, 3.05) is 39.4 Å². The second-order valence-corrected chi connectivity index (χ2v) is 7.32. The molecule has 1 N–H and O–H groups in total. The van der Waals surface area contributed by atoms with Crippen molar-refractivity contribution in [3.63, 3.8) is 0 Å². The van der Waals surface area contributed by atoms with Crippen LogP contribution in [-0.4, -0.2) is 50.3 Å². The second-order valence-electron chi connectivity index (χ2n) is 7.32. The highest BCUT2D eigenvalue weighted by Gasteiger charge is 2.35. The van der Waals surface area contributed by atoms with Gasteiger partial charge in [0.25, 0.3) is 0 Å². The Labute approximate surface area is 125 Å². The molecule has 2 aliphatic heterocycles. The summed E-state index contributed by atoms with van der Waals surface area (Å²) >= 11 is 0. The number of likely N-dealkylation sites (tertiary alicyclic amines) is 1. The Morgan fingerprint density at radius 2 is 2.05 bits per heavy atom. The summed E-state index contributed by atoms with van der Waals surface area (Å²) in [7, 11) is 0. The van der Waals surface area contributed by atoms with Crippen LogP contribution in [0.1, 0.15) is 52.9 Å². The van der Waals surface area contributed by atoms with Crippen molar-refractivity contribution in [2.45, 2.75) is 58.9 Å². The van der Waals surface area contributed by atoms with E-state index in [1.54, 1.807) is 0 Å². The molecule has 3 heteroatoms. The van der Waals surface area contributed by atoms with E-state index in [0.717, 1.165) is 25.7 Å². The molecule has 0 bridgehead atoms. The molecule has 3 nitrogen and oxygen atoms in total. The fourth-order valence-corrected chi connectivity index (χ4v) is 3.68. The minimum absolute atomic E-state index is 0.349. The zero-order valence-corrected chi connectivity index (χ0v) is 13.8. The van der Waals surface area contributed by atoms with Gasteiger partial charge < -0.3 is 15.0 Å². The van der Waals surface area contributed by atoms with Crippen LogP contribution in [-0.2, 0) is 4.74 Å².